The molecule has 0 bridgehead atoms. The van der Waals surface area contributed by atoms with Crippen molar-refractivity contribution >= 4 is 0 Å². The van der Waals surface area contributed by atoms with Crippen LogP contribution in [0.25, 0.3) is 0 Å². The van der Waals surface area contributed by atoms with Crippen LogP contribution in [-0.4, -0.2) is 17.7 Å². The summed E-state index contributed by atoms with van der Waals surface area (Å²) < 4.78 is 5.74. The summed E-state index contributed by atoms with van der Waals surface area (Å²) in [6.07, 6.45) is 0.130. The minimum atomic E-state index is -0.0913. The number of hydrogen-bond acceptors (Lipinski definition) is 2. The highest BCUT2D eigenvalue weighted by atomic mass is 16.5. The Morgan fingerprint density at radius 1 is 1.08 bits per heavy atom. The molecule has 0 aromatic rings. The van der Waals surface area contributed by atoms with Gasteiger partial charge in [-0.05, 0) is 33.6 Å². The SMILES string of the molecule is CC(C)[C@H](N)C(C)OC(C)(C)C. The number of rotatable bonds is 3. The van der Waals surface area contributed by atoms with Crippen LogP contribution in [0.1, 0.15) is 41.5 Å². The number of hydrogen-bond donors (Lipinski definition) is 1. The Labute approximate surface area is 76.5 Å². The van der Waals surface area contributed by atoms with E-state index in [2.05, 4.69) is 34.6 Å². The van der Waals surface area contributed by atoms with Crippen LogP contribution in [0, 0.1) is 5.92 Å². The first kappa shape index (κ1) is 11.9. The van der Waals surface area contributed by atoms with Gasteiger partial charge in [0.05, 0.1) is 11.7 Å². The molecule has 2 nitrogen and oxygen atoms in total. The first-order valence-corrected chi connectivity index (χ1v) is 4.67. The lowest BCUT2D eigenvalue weighted by molar-refractivity contribution is -0.0666. The number of ether oxygens (including phenoxy) is 1. The van der Waals surface area contributed by atoms with Crippen molar-refractivity contribution in [2.45, 2.75) is 59.3 Å². The quantitative estimate of drug-likeness (QED) is 0.710. The summed E-state index contributed by atoms with van der Waals surface area (Å²) in [5.74, 6) is 0.474. The standard InChI is InChI=1S/C10H23NO/c1-7(2)9(11)8(3)12-10(4,5)6/h7-9H,11H2,1-6H3/t8?,9-/m0/s1. The van der Waals surface area contributed by atoms with E-state index in [4.69, 9.17) is 10.5 Å². The van der Waals surface area contributed by atoms with E-state index in [1.54, 1.807) is 0 Å². The maximum Gasteiger partial charge on any atom is 0.0707 e. The van der Waals surface area contributed by atoms with E-state index in [1.807, 2.05) is 6.92 Å². The van der Waals surface area contributed by atoms with Crippen LogP contribution in [-0.2, 0) is 4.74 Å². The smallest absolute Gasteiger partial charge is 0.0707 e. The highest BCUT2D eigenvalue weighted by Crippen LogP contribution is 2.15. The van der Waals surface area contributed by atoms with Gasteiger partial charge in [-0.25, -0.2) is 0 Å². The van der Waals surface area contributed by atoms with Gasteiger partial charge in [0, 0.05) is 6.04 Å². The summed E-state index contributed by atoms with van der Waals surface area (Å²) in [6, 6.07) is 0.129. The Morgan fingerprint density at radius 3 is 1.75 bits per heavy atom. The zero-order valence-corrected chi connectivity index (χ0v) is 9.22. The molecular weight excluding hydrogens is 150 g/mol. The van der Waals surface area contributed by atoms with Crippen LogP contribution in [0.5, 0.6) is 0 Å². The fourth-order valence-corrected chi connectivity index (χ4v) is 1.18. The molecule has 0 spiro atoms. The first-order chi connectivity index (χ1) is 5.24. The monoisotopic (exact) mass is 173 g/mol. The van der Waals surface area contributed by atoms with Crippen LogP contribution in [0.15, 0.2) is 0 Å². The molecule has 0 aliphatic carbocycles. The Hall–Kier alpha value is -0.0800. The summed E-state index contributed by atoms with van der Waals surface area (Å²) in [4.78, 5) is 0. The van der Waals surface area contributed by atoms with E-state index in [0.29, 0.717) is 5.92 Å². The summed E-state index contributed by atoms with van der Waals surface area (Å²) in [7, 11) is 0. The van der Waals surface area contributed by atoms with Gasteiger partial charge < -0.3 is 10.5 Å². The molecule has 0 fully saturated rings. The van der Waals surface area contributed by atoms with Crippen molar-refractivity contribution in [3.05, 3.63) is 0 Å². The van der Waals surface area contributed by atoms with E-state index in [1.165, 1.54) is 0 Å². The molecule has 12 heavy (non-hydrogen) atoms. The third-order valence-electron chi connectivity index (χ3n) is 1.85. The lowest BCUT2D eigenvalue weighted by Crippen LogP contribution is -2.42. The van der Waals surface area contributed by atoms with Gasteiger partial charge in [-0.2, -0.15) is 0 Å². The molecule has 2 N–H and O–H groups in total. The molecule has 0 saturated heterocycles. The topological polar surface area (TPSA) is 35.2 Å². The van der Waals surface area contributed by atoms with Crippen molar-refractivity contribution in [3.63, 3.8) is 0 Å². The van der Waals surface area contributed by atoms with Crippen molar-refractivity contribution in [2.24, 2.45) is 11.7 Å². The largest absolute Gasteiger partial charge is 0.371 e. The fourth-order valence-electron chi connectivity index (χ4n) is 1.18. The second kappa shape index (κ2) is 4.24. The van der Waals surface area contributed by atoms with Crippen LogP contribution in [0.4, 0.5) is 0 Å². The van der Waals surface area contributed by atoms with Crippen LogP contribution in [0.2, 0.25) is 0 Å². The van der Waals surface area contributed by atoms with Crippen LogP contribution < -0.4 is 5.73 Å². The van der Waals surface area contributed by atoms with Gasteiger partial charge in [0.2, 0.25) is 0 Å². The molecule has 0 aliphatic heterocycles. The van der Waals surface area contributed by atoms with E-state index in [9.17, 15) is 0 Å². The molecule has 0 rings (SSSR count). The van der Waals surface area contributed by atoms with Crippen molar-refractivity contribution in [3.8, 4) is 0 Å². The summed E-state index contributed by atoms with van der Waals surface area (Å²) >= 11 is 0. The molecule has 1 unspecified atom stereocenters. The van der Waals surface area contributed by atoms with E-state index in [0.717, 1.165) is 0 Å². The van der Waals surface area contributed by atoms with Gasteiger partial charge in [0.1, 0.15) is 0 Å². The molecule has 0 amide bonds. The minimum absolute atomic E-state index is 0.0913. The van der Waals surface area contributed by atoms with Gasteiger partial charge in [-0.15, -0.1) is 0 Å². The third kappa shape index (κ3) is 4.73. The first-order valence-electron chi connectivity index (χ1n) is 4.67. The average Bonchev–Trinajstić information content (AvgIpc) is 1.82. The molecule has 2 atom stereocenters. The maximum absolute atomic E-state index is 5.94. The highest BCUT2D eigenvalue weighted by Gasteiger charge is 2.22. The van der Waals surface area contributed by atoms with Gasteiger partial charge in [-0.1, -0.05) is 13.8 Å². The predicted octanol–water partition coefficient (Wildman–Crippen LogP) is 2.17. The Bertz CT molecular complexity index is 126. The lowest BCUT2D eigenvalue weighted by Gasteiger charge is -2.30. The van der Waals surface area contributed by atoms with Crippen molar-refractivity contribution in [2.75, 3.05) is 0 Å². The molecule has 0 aromatic heterocycles. The average molecular weight is 173 g/mol. The second-order valence-electron chi connectivity index (χ2n) is 4.76. The van der Waals surface area contributed by atoms with Crippen molar-refractivity contribution < 1.29 is 4.74 Å². The lowest BCUT2D eigenvalue weighted by atomic mass is 10.00. The molecule has 0 saturated carbocycles. The van der Waals surface area contributed by atoms with Gasteiger partial charge >= 0.3 is 0 Å². The Balaban J connectivity index is 3.95. The zero-order valence-electron chi connectivity index (χ0n) is 9.22. The maximum atomic E-state index is 5.94. The highest BCUT2D eigenvalue weighted by molar-refractivity contribution is 4.75. The summed E-state index contributed by atoms with van der Waals surface area (Å²) in [6.45, 7) is 12.4. The molecule has 0 radical (unpaired) electrons. The van der Waals surface area contributed by atoms with Crippen LogP contribution in [0.3, 0.4) is 0 Å². The Kier molecular flexibility index (Phi) is 4.21. The van der Waals surface area contributed by atoms with Crippen molar-refractivity contribution in [1.82, 2.24) is 0 Å². The van der Waals surface area contributed by atoms with Gasteiger partial charge in [0.25, 0.3) is 0 Å². The summed E-state index contributed by atoms with van der Waals surface area (Å²) in [5.41, 5.74) is 5.85. The Morgan fingerprint density at radius 2 is 1.50 bits per heavy atom. The van der Waals surface area contributed by atoms with Gasteiger partial charge in [-0.3, -0.25) is 0 Å². The second-order valence-corrected chi connectivity index (χ2v) is 4.76. The van der Waals surface area contributed by atoms with Crippen LogP contribution >= 0.6 is 0 Å². The summed E-state index contributed by atoms with van der Waals surface area (Å²) in [5, 5.41) is 0. The van der Waals surface area contributed by atoms with Crippen molar-refractivity contribution in [1.29, 1.82) is 0 Å². The molecule has 0 aliphatic rings. The molecule has 0 heterocycles. The molecular formula is C10H23NO. The molecule has 0 aromatic carbocycles. The molecule has 74 valence electrons. The number of nitrogens with two attached hydrogens (primary N) is 1. The predicted molar refractivity (Wildman–Crippen MR) is 53.1 cm³/mol. The third-order valence-corrected chi connectivity index (χ3v) is 1.85. The zero-order chi connectivity index (χ0) is 9.94. The van der Waals surface area contributed by atoms with E-state index >= 15 is 0 Å². The fraction of sp³-hybridized carbons (Fsp3) is 1.00. The normalized spacial score (nSPS) is 18.0. The van der Waals surface area contributed by atoms with E-state index < -0.39 is 0 Å². The van der Waals surface area contributed by atoms with E-state index in [-0.39, 0.29) is 17.7 Å². The molecule has 2 heteroatoms. The minimum Gasteiger partial charge on any atom is -0.371 e. The van der Waals surface area contributed by atoms with Gasteiger partial charge in [0.15, 0.2) is 0 Å².